The van der Waals surface area contributed by atoms with Crippen LogP contribution in [0.1, 0.15) is 5.56 Å². The van der Waals surface area contributed by atoms with Crippen molar-refractivity contribution in [2.24, 2.45) is 7.05 Å². The molecule has 4 rings (SSSR count). The lowest BCUT2D eigenvalue weighted by Gasteiger charge is -2.19. The van der Waals surface area contributed by atoms with Gasteiger partial charge >= 0.3 is 0 Å². The molecule has 0 amide bonds. The zero-order chi connectivity index (χ0) is 18.3. The molecule has 1 aromatic carbocycles. The molecule has 3 heterocycles. The summed E-state index contributed by atoms with van der Waals surface area (Å²) in [4.78, 5) is 17.3. The van der Waals surface area contributed by atoms with Gasteiger partial charge in [-0.1, -0.05) is 35.2 Å². The number of ether oxygens (including phenoxy) is 1. The Balaban J connectivity index is 1.78. The van der Waals surface area contributed by atoms with Gasteiger partial charge in [-0.15, -0.1) is 0 Å². The predicted octanol–water partition coefficient (Wildman–Crippen LogP) is 3.94. The molecular formula is C18H19N5OS2. The first-order valence-electron chi connectivity index (χ1n) is 8.10. The van der Waals surface area contributed by atoms with Crippen molar-refractivity contribution in [1.82, 2.24) is 19.5 Å². The third-order valence-corrected chi connectivity index (χ3v) is 6.22. The van der Waals surface area contributed by atoms with Gasteiger partial charge in [0.15, 0.2) is 10.2 Å². The highest BCUT2D eigenvalue weighted by atomic mass is 32.2. The summed E-state index contributed by atoms with van der Waals surface area (Å²) in [7, 11) is 5.72. The lowest BCUT2D eigenvalue weighted by Crippen LogP contribution is -2.18. The van der Waals surface area contributed by atoms with Crippen molar-refractivity contribution < 1.29 is 4.74 Å². The number of benzene rings is 1. The minimum absolute atomic E-state index is 0.738. The molecule has 0 atom stereocenters. The number of hydrogen-bond acceptors (Lipinski definition) is 7. The first-order chi connectivity index (χ1) is 12.6. The van der Waals surface area contributed by atoms with E-state index in [0.29, 0.717) is 0 Å². The topological polar surface area (TPSA) is 56.1 Å². The van der Waals surface area contributed by atoms with Crippen LogP contribution in [-0.4, -0.2) is 39.9 Å². The second-order valence-electron chi connectivity index (χ2n) is 6.03. The summed E-state index contributed by atoms with van der Waals surface area (Å²) in [5.74, 6) is 1.73. The van der Waals surface area contributed by atoms with E-state index >= 15 is 0 Å². The SMILES string of the molecule is COc1ccc(CN(C)c2nc3sc(SC)nc3c3c2ncn3C)cc1. The lowest BCUT2D eigenvalue weighted by atomic mass is 10.2. The van der Waals surface area contributed by atoms with Crippen LogP contribution < -0.4 is 9.64 Å². The molecule has 0 bridgehead atoms. The summed E-state index contributed by atoms with van der Waals surface area (Å²) in [6.45, 7) is 0.738. The van der Waals surface area contributed by atoms with Crippen LogP contribution in [0.4, 0.5) is 5.82 Å². The fourth-order valence-corrected chi connectivity index (χ4v) is 4.40. The molecular weight excluding hydrogens is 366 g/mol. The Bertz CT molecular complexity index is 1070. The monoisotopic (exact) mass is 385 g/mol. The number of aromatic nitrogens is 4. The molecule has 0 unspecified atom stereocenters. The van der Waals surface area contributed by atoms with Crippen LogP contribution in [0.5, 0.6) is 5.75 Å². The van der Waals surface area contributed by atoms with Gasteiger partial charge in [0.1, 0.15) is 27.1 Å². The molecule has 0 fully saturated rings. The van der Waals surface area contributed by atoms with Crippen LogP contribution in [0.3, 0.4) is 0 Å². The van der Waals surface area contributed by atoms with E-state index in [0.717, 1.165) is 43.8 Å². The Labute approximate surface area is 159 Å². The largest absolute Gasteiger partial charge is 0.497 e. The maximum absolute atomic E-state index is 5.23. The molecule has 6 nitrogen and oxygen atoms in total. The molecule has 3 aromatic heterocycles. The highest BCUT2D eigenvalue weighted by molar-refractivity contribution is 8.00. The number of pyridine rings is 1. The minimum Gasteiger partial charge on any atom is -0.497 e. The third kappa shape index (κ3) is 2.89. The fourth-order valence-electron chi connectivity index (χ4n) is 2.98. The molecule has 134 valence electrons. The Morgan fingerprint density at radius 1 is 1.19 bits per heavy atom. The number of methoxy groups -OCH3 is 1. The van der Waals surface area contributed by atoms with Crippen LogP contribution in [-0.2, 0) is 13.6 Å². The number of rotatable bonds is 5. The first-order valence-corrected chi connectivity index (χ1v) is 10.1. The Kier molecular flexibility index (Phi) is 4.46. The molecule has 0 N–H and O–H groups in total. The van der Waals surface area contributed by atoms with Gasteiger partial charge in [-0.25, -0.2) is 15.0 Å². The van der Waals surface area contributed by atoms with Gasteiger partial charge in [-0.2, -0.15) is 0 Å². The predicted molar refractivity (Wildman–Crippen MR) is 109 cm³/mol. The average Bonchev–Trinajstić information content (AvgIpc) is 3.24. The zero-order valence-electron chi connectivity index (χ0n) is 15.1. The van der Waals surface area contributed by atoms with Crippen LogP contribution in [0.25, 0.3) is 21.4 Å². The molecule has 0 spiro atoms. The maximum atomic E-state index is 5.23. The molecule has 0 saturated heterocycles. The van der Waals surface area contributed by atoms with Gasteiger partial charge in [-0.3, -0.25) is 0 Å². The summed E-state index contributed by atoms with van der Waals surface area (Å²) in [6, 6.07) is 8.10. The van der Waals surface area contributed by atoms with E-state index in [-0.39, 0.29) is 0 Å². The molecule has 0 saturated carbocycles. The van der Waals surface area contributed by atoms with Crippen LogP contribution in [0.15, 0.2) is 34.9 Å². The van der Waals surface area contributed by atoms with Crippen molar-refractivity contribution in [3.8, 4) is 5.75 Å². The second-order valence-corrected chi connectivity index (χ2v) is 8.06. The maximum Gasteiger partial charge on any atom is 0.158 e. The highest BCUT2D eigenvalue weighted by Crippen LogP contribution is 2.35. The Morgan fingerprint density at radius 2 is 1.96 bits per heavy atom. The molecule has 0 aliphatic carbocycles. The smallest absolute Gasteiger partial charge is 0.158 e. The molecule has 0 radical (unpaired) electrons. The highest BCUT2D eigenvalue weighted by Gasteiger charge is 2.19. The van der Waals surface area contributed by atoms with Crippen molar-refractivity contribution in [3.05, 3.63) is 36.2 Å². The Morgan fingerprint density at radius 3 is 2.65 bits per heavy atom. The van der Waals surface area contributed by atoms with Crippen LogP contribution in [0.2, 0.25) is 0 Å². The summed E-state index contributed by atoms with van der Waals surface area (Å²) in [6.07, 6.45) is 3.86. The van der Waals surface area contributed by atoms with E-state index in [9.17, 15) is 0 Å². The van der Waals surface area contributed by atoms with E-state index in [1.165, 1.54) is 5.56 Å². The van der Waals surface area contributed by atoms with Gasteiger partial charge in [0, 0.05) is 20.6 Å². The number of hydrogen-bond donors (Lipinski definition) is 0. The zero-order valence-corrected chi connectivity index (χ0v) is 16.7. The quantitative estimate of drug-likeness (QED) is 0.485. The van der Waals surface area contributed by atoms with Gasteiger partial charge in [0.25, 0.3) is 0 Å². The molecule has 26 heavy (non-hydrogen) atoms. The number of fused-ring (bicyclic) bond motifs is 3. The molecule has 8 heteroatoms. The van der Waals surface area contributed by atoms with Crippen molar-refractivity contribution >= 4 is 50.3 Å². The number of aryl methyl sites for hydroxylation is 1. The standard InChI is InChI=1S/C18H19N5OS2/c1-22(9-11-5-7-12(24-3)8-6-11)16-13-15(23(2)10-19-13)14-17(21-16)26-18(20-14)25-4/h5-8,10H,9H2,1-4H3. The fraction of sp³-hybridized carbons (Fsp3) is 0.278. The van der Waals surface area contributed by atoms with Crippen molar-refractivity contribution in [3.63, 3.8) is 0 Å². The summed E-state index contributed by atoms with van der Waals surface area (Å²) in [5.41, 5.74) is 4.03. The summed E-state index contributed by atoms with van der Waals surface area (Å²) < 4.78 is 8.27. The normalized spacial score (nSPS) is 11.4. The van der Waals surface area contributed by atoms with Gasteiger partial charge in [-0.05, 0) is 24.0 Å². The van der Waals surface area contributed by atoms with Gasteiger partial charge in [0.05, 0.1) is 13.4 Å². The van der Waals surface area contributed by atoms with E-state index in [4.69, 9.17) is 14.7 Å². The van der Waals surface area contributed by atoms with E-state index < -0.39 is 0 Å². The van der Waals surface area contributed by atoms with Crippen LogP contribution >= 0.6 is 23.1 Å². The second kappa shape index (κ2) is 6.77. The number of thioether (sulfide) groups is 1. The van der Waals surface area contributed by atoms with Crippen molar-refractivity contribution in [2.75, 3.05) is 25.3 Å². The number of anilines is 1. The number of nitrogens with zero attached hydrogens (tertiary/aromatic N) is 5. The van der Waals surface area contributed by atoms with Crippen molar-refractivity contribution in [2.45, 2.75) is 10.9 Å². The number of imidazole rings is 1. The average molecular weight is 386 g/mol. The van der Waals surface area contributed by atoms with Gasteiger partial charge in [0.2, 0.25) is 0 Å². The van der Waals surface area contributed by atoms with E-state index in [2.05, 4.69) is 22.0 Å². The molecule has 0 aliphatic rings. The summed E-state index contributed by atoms with van der Waals surface area (Å²) >= 11 is 3.27. The Hall–Kier alpha value is -2.32. The van der Waals surface area contributed by atoms with Crippen LogP contribution in [0, 0.1) is 0 Å². The lowest BCUT2D eigenvalue weighted by molar-refractivity contribution is 0.414. The van der Waals surface area contributed by atoms with Crippen molar-refractivity contribution in [1.29, 1.82) is 0 Å². The van der Waals surface area contributed by atoms with Gasteiger partial charge < -0.3 is 14.2 Å². The van der Waals surface area contributed by atoms with E-state index in [1.807, 2.05) is 43.4 Å². The third-order valence-electron chi connectivity index (χ3n) is 4.29. The minimum atomic E-state index is 0.738. The molecule has 4 aromatic rings. The molecule has 0 aliphatic heterocycles. The summed E-state index contributed by atoms with van der Waals surface area (Å²) in [5, 5.41) is 0. The first kappa shape index (κ1) is 17.1. The van der Waals surface area contributed by atoms with E-state index in [1.54, 1.807) is 30.2 Å². The number of thiazole rings is 1.